The number of amides is 1. The lowest BCUT2D eigenvalue weighted by molar-refractivity contribution is -0.129. The SMILES string of the molecule is CCN(CC)CCCN1C(=O)C(C)NC1c1ccc(C)s1. The molecule has 2 rings (SSSR count). The first-order valence-electron chi connectivity index (χ1n) is 7.92. The Balaban J connectivity index is 1.99. The van der Waals surface area contributed by atoms with Crippen LogP contribution in [0.5, 0.6) is 0 Å². The second kappa shape index (κ2) is 7.38. The third-order valence-electron chi connectivity index (χ3n) is 4.17. The van der Waals surface area contributed by atoms with E-state index in [1.165, 1.54) is 9.75 Å². The minimum absolute atomic E-state index is 0.0582. The molecule has 0 aliphatic carbocycles. The van der Waals surface area contributed by atoms with Crippen molar-refractivity contribution in [2.45, 2.75) is 46.3 Å². The molecule has 1 fully saturated rings. The normalized spacial score (nSPS) is 22.5. The van der Waals surface area contributed by atoms with Crippen molar-refractivity contribution in [2.75, 3.05) is 26.2 Å². The first-order valence-corrected chi connectivity index (χ1v) is 8.73. The maximum absolute atomic E-state index is 12.4. The third kappa shape index (κ3) is 3.84. The molecular weight excluding hydrogens is 282 g/mol. The van der Waals surface area contributed by atoms with Crippen LogP contribution in [0.4, 0.5) is 0 Å². The van der Waals surface area contributed by atoms with Gasteiger partial charge < -0.3 is 9.80 Å². The van der Waals surface area contributed by atoms with E-state index < -0.39 is 0 Å². The van der Waals surface area contributed by atoms with Crippen LogP contribution in [-0.2, 0) is 4.79 Å². The number of thiophene rings is 1. The fraction of sp³-hybridized carbons (Fsp3) is 0.688. The standard InChI is InChI=1S/C16H27N3OS/c1-5-18(6-2)10-7-11-19-15(17-13(4)16(19)20)14-9-8-12(3)21-14/h8-9,13,15,17H,5-7,10-11H2,1-4H3. The fourth-order valence-corrected chi connectivity index (χ4v) is 3.80. The molecule has 4 nitrogen and oxygen atoms in total. The van der Waals surface area contributed by atoms with E-state index in [-0.39, 0.29) is 18.1 Å². The van der Waals surface area contributed by atoms with E-state index in [1.54, 1.807) is 11.3 Å². The van der Waals surface area contributed by atoms with Crippen LogP contribution < -0.4 is 5.32 Å². The Morgan fingerprint density at radius 3 is 2.62 bits per heavy atom. The van der Waals surface area contributed by atoms with Crippen molar-refractivity contribution >= 4 is 17.2 Å². The van der Waals surface area contributed by atoms with Gasteiger partial charge in [-0.25, -0.2) is 0 Å². The van der Waals surface area contributed by atoms with Crippen LogP contribution >= 0.6 is 11.3 Å². The zero-order valence-electron chi connectivity index (χ0n) is 13.6. The molecule has 1 aromatic heterocycles. The van der Waals surface area contributed by atoms with Gasteiger partial charge in [0.1, 0.15) is 6.17 Å². The minimum Gasteiger partial charge on any atom is -0.321 e. The van der Waals surface area contributed by atoms with Crippen LogP contribution in [0.2, 0.25) is 0 Å². The fourth-order valence-electron chi connectivity index (χ4n) is 2.85. The van der Waals surface area contributed by atoms with E-state index in [0.717, 1.165) is 32.6 Å². The van der Waals surface area contributed by atoms with Gasteiger partial charge in [-0.05, 0) is 52.0 Å². The molecule has 1 saturated heterocycles. The molecule has 0 aromatic carbocycles. The van der Waals surface area contributed by atoms with Gasteiger partial charge in [0.15, 0.2) is 0 Å². The van der Waals surface area contributed by atoms with E-state index in [2.05, 4.69) is 43.1 Å². The molecule has 1 aromatic rings. The average Bonchev–Trinajstić information content (AvgIpc) is 3.01. The number of carbonyl (C=O) groups excluding carboxylic acids is 1. The average molecular weight is 309 g/mol. The Labute approximate surface area is 132 Å². The molecule has 2 atom stereocenters. The van der Waals surface area contributed by atoms with Crippen molar-refractivity contribution in [2.24, 2.45) is 0 Å². The second-order valence-corrected chi connectivity index (χ2v) is 6.97. The smallest absolute Gasteiger partial charge is 0.241 e. The summed E-state index contributed by atoms with van der Waals surface area (Å²) in [5.74, 6) is 0.227. The molecule has 1 aliphatic rings. The molecule has 1 amide bonds. The topological polar surface area (TPSA) is 35.6 Å². The lowest BCUT2D eigenvalue weighted by Crippen LogP contribution is -2.34. The van der Waals surface area contributed by atoms with Crippen molar-refractivity contribution in [3.05, 3.63) is 21.9 Å². The van der Waals surface area contributed by atoms with E-state index >= 15 is 0 Å². The number of hydrogen-bond donors (Lipinski definition) is 1. The van der Waals surface area contributed by atoms with Gasteiger partial charge >= 0.3 is 0 Å². The van der Waals surface area contributed by atoms with Gasteiger partial charge in [0.2, 0.25) is 5.91 Å². The van der Waals surface area contributed by atoms with Crippen LogP contribution in [0.1, 0.15) is 43.1 Å². The second-order valence-electron chi connectivity index (χ2n) is 5.65. The Morgan fingerprint density at radius 1 is 1.33 bits per heavy atom. The summed E-state index contributed by atoms with van der Waals surface area (Å²) in [6, 6.07) is 4.19. The number of hydrogen-bond acceptors (Lipinski definition) is 4. The van der Waals surface area contributed by atoms with Gasteiger partial charge in [-0.2, -0.15) is 0 Å². The predicted octanol–water partition coefficient (Wildman–Crippen LogP) is 2.61. The predicted molar refractivity (Wildman–Crippen MR) is 88.5 cm³/mol. The van der Waals surface area contributed by atoms with Gasteiger partial charge in [0, 0.05) is 16.3 Å². The van der Waals surface area contributed by atoms with Crippen molar-refractivity contribution in [3.8, 4) is 0 Å². The summed E-state index contributed by atoms with van der Waals surface area (Å²) >= 11 is 1.77. The first-order chi connectivity index (χ1) is 10.1. The van der Waals surface area contributed by atoms with Crippen LogP contribution in [0.25, 0.3) is 0 Å². The summed E-state index contributed by atoms with van der Waals surface area (Å²) < 4.78 is 0. The van der Waals surface area contributed by atoms with Crippen molar-refractivity contribution < 1.29 is 4.79 Å². The highest BCUT2D eigenvalue weighted by atomic mass is 32.1. The Bertz CT molecular complexity index is 470. The number of nitrogens with zero attached hydrogens (tertiary/aromatic N) is 2. The van der Waals surface area contributed by atoms with E-state index in [0.29, 0.717) is 0 Å². The highest BCUT2D eigenvalue weighted by molar-refractivity contribution is 7.12. The van der Waals surface area contributed by atoms with Crippen LogP contribution in [0, 0.1) is 6.92 Å². The van der Waals surface area contributed by atoms with Crippen LogP contribution in [-0.4, -0.2) is 47.9 Å². The number of carbonyl (C=O) groups is 1. The monoisotopic (exact) mass is 309 g/mol. The Hall–Kier alpha value is -0.910. The van der Waals surface area contributed by atoms with Crippen LogP contribution in [0.3, 0.4) is 0 Å². The maximum atomic E-state index is 12.4. The largest absolute Gasteiger partial charge is 0.321 e. The number of nitrogens with one attached hydrogen (secondary N) is 1. The third-order valence-corrected chi connectivity index (χ3v) is 5.22. The summed E-state index contributed by atoms with van der Waals surface area (Å²) in [5, 5.41) is 3.42. The van der Waals surface area contributed by atoms with Gasteiger partial charge in [-0.1, -0.05) is 13.8 Å². The minimum atomic E-state index is -0.0779. The summed E-state index contributed by atoms with van der Waals surface area (Å²) in [6.07, 6.45) is 1.09. The molecule has 0 radical (unpaired) electrons. The molecule has 5 heteroatoms. The van der Waals surface area contributed by atoms with Crippen molar-refractivity contribution in [3.63, 3.8) is 0 Å². The zero-order chi connectivity index (χ0) is 15.4. The zero-order valence-corrected chi connectivity index (χ0v) is 14.4. The van der Waals surface area contributed by atoms with E-state index in [4.69, 9.17) is 0 Å². The maximum Gasteiger partial charge on any atom is 0.241 e. The lowest BCUT2D eigenvalue weighted by atomic mass is 10.3. The summed E-state index contributed by atoms with van der Waals surface area (Å²) in [7, 11) is 0. The molecule has 2 heterocycles. The molecular formula is C16H27N3OS. The molecule has 1 N–H and O–H groups in total. The summed E-state index contributed by atoms with van der Waals surface area (Å²) in [4.78, 5) is 19.3. The quantitative estimate of drug-likeness (QED) is 0.841. The Kier molecular flexibility index (Phi) is 5.79. The summed E-state index contributed by atoms with van der Waals surface area (Å²) in [5.41, 5.74) is 0. The highest BCUT2D eigenvalue weighted by Gasteiger charge is 2.37. The molecule has 0 saturated carbocycles. The van der Waals surface area contributed by atoms with Crippen molar-refractivity contribution in [1.29, 1.82) is 0 Å². The number of aryl methyl sites for hydroxylation is 1. The molecule has 1 aliphatic heterocycles. The lowest BCUT2D eigenvalue weighted by Gasteiger charge is -2.25. The van der Waals surface area contributed by atoms with Crippen LogP contribution in [0.15, 0.2) is 12.1 Å². The van der Waals surface area contributed by atoms with Crippen molar-refractivity contribution in [1.82, 2.24) is 15.1 Å². The number of rotatable bonds is 7. The van der Waals surface area contributed by atoms with Gasteiger partial charge in [0.05, 0.1) is 6.04 Å². The first kappa shape index (κ1) is 16.5. The highest BCUT2D eigenvalue weighted by Crippen LogP contribution is 2.30. The molecule has 0 bridgehead atoms. The van der Waals surface area contributed by atoms with Gasteiger partial charge in [-0.3, -0.25) is 10.1 Å². The summed E-state index contributed by atoms with van der Waals surface area (Å²) in [6.45, 7) is 12.5. The van der Waals surface area contributed by atoms with E-state index in [1.807, 2.05) is 11.8 Å². The van der Waals surface area contributed by atoms with Gasteiger partial charge in [-0.15, -0.1) is 11.3 Å². The molecule has 0 spiro atoms. The Morgan fingerprint density at radius 2 is 2.05 bits per heavy atom. The molecule has 2 unspecified atom stereocenters. The van der Waals surface area contributed by atoms with Gasteiger partial charge in [0.25, 0.3) is 0 Å². The molecule has 118 valence electrons. The molecule has 21 heavy (non-hydrogen) atoms. The van der Waals surface area contributed by atoms with E-state index in [9.17, 15) is 4.79 Å².